The van der Waals surface area contributed by atoms with Gasteiger partial charge in [0, 0.05) is 33.2 Å². The van der Waals surface area contributed by atoms with Crippen LogP contribution in [0.5, 0.6) is 0 Å². The molecule has 1 aromatic heterocycles. The molecule has 3 heterocycles. The Morgan fingerprint density at radius 3 is 2.16 bits per heavy atom. The quantitative estimate of drug-likeness (QED) is 0.445. The standard InChI is InChI=1S/C27H34ClF3N4O3/c1-32-24(36)21-7-8-22(33-23(21)28)34-13-9-18(10-14-34)17-19-11-15-35(16-12-19)25(37)26(38,27(29,30)31)20-5-3-2-4-6-20/h2-8,18-19,25,37-38H,9-17H2,1H3,(H,32,36). The third-order valence-electron chi connectivity index (χ3n) is 7.93. The first-order valence-electron chi connectivity index (χ1n) is 12.9. The Hall–Kier alpha value is -2.40. The highest BCUT2D eigenvalue weighted by molar-refractivity contribution is 6.32. The minimum Gasteiger partial charge on any atom is -0.375 e. The fourth-order valence-electron chi connectivity index (χ4n) is 5.62. The Bertz CT molecular complexity index is 1090. The number of anilines is 1. The number of alkyl halides is 3. The molecular formula is C27H34ClF3N4O3. The third-order valence-corrected chi connectivity index (χ3v) is 8.21. The highest BCUT2D eigenvalue weighted by atomic mass is 35.5. The molecule has 38 heavy (non-hydrogen) atoms. The number of aromatic nitrogens is 1. The van der Waals surface area contributed by atoms with Crippen molar-refractivity contribution in [2.45, 2.75) is 50.1 Å². The molecule has 0 saturated carbocycles. The Balaban J connectivity index is 1.29. The van der Waals surface area contributed by atoms with Gasteiger partial charge in [-0.05, 0) is 61.6 Å². The van der Waals surface area contributed by atoms with Crippen molar-refractivity contribution in [3.63, 3.8) is 0 Å². The van der Waals surface area contributed by atoms with Crippen LogP contribution in [-0.4, -0.2) is 71.6 Å². The average molecular weight is 555 g/mol. The van der Waals surface area contributed by atoms with E-state index in [-0.39, 0.29) is 29.7 Å². The average Bonchev–Trinajstić information content (AvgIpc) is 2.92. The van der Waals surface area contributed by atoms with Crippen LogP contribution >= 0.6 is 11.6 Å². The van der Waals surface area contributed by atoms with Crippen molar-refractivity contribution in [3.8, 4) is 0 Å². The first kappa shape index (κ1) is 28.6. The molecule has 0 bridgehead atoms. The van der Waals surface area contributed by atoms with E-state index in [1.54, 1.807) is 18.2 Å². The highest BCUT2D eigenvalue weighted by Crippen LogP contribution is 2.43. The van der Waals surface area contributed by atoms with Crippen molar-refractivity contribution >= 4 is 23.3 Å². The molecule has 11 heteroatoms. The van der Waals surface area contributed by atoms with Crippen molar-refractivity contribution in [3.05, 3.63) is 58.7 Å². The number of carbonyl (C=O) groups is 1. The van der Waals surface area contributed by atoms with Crippen LogP contribution in [0, 0.1) is 11.8 Å². The van der Waals surface area contributed by atoms with Crippen LogP contribution in [0.3, 0.4) is 0 Å². The van der Waals surface area contributed by atoms with Crippen LogP contribution < -0.4 is 10.2 Å². The van der Waals surface area contributed by atoms with Crippen molar-refractivity contribution < 1.29 is 28.2 Å². The van der Waals surface area contributed by atoms with E-state index in [2.05, 4.69) is 15.2 Å². The maximum Gasteiger partial charge on any atom is 0.425 e. The Kier molecular flexibility index (Phi) is 8.86. The number of halogens is 4. The number of pyridine rings is 1. The highest BCUT2D eigenvalue weighted by Gasteiger charge is 2.61. The number of nitrogens with one attached hydrogen (secondary N) is 1. The van der Waals surface area contributed by atoms with Gasteiger partial charge in [0.05, 0.1) is 5.56 Å². The number of aliphatic hydroxyl groups excluding tert-OH is 1. The van der Waals surface area contributed by atoms with Gasteiger partial charge in [-0.15, -0.1) is 0 Å². The third kappa shape index (κ3) is 5.93. The summed E-state index contributed by atoms with van der Waals surface area (Å²) >= 11 is 6.20. The Labute approximate surface area is 225 Å². The number of aliphatic hydroxyl groups is 2. The number of nitrogens with zero attached hydrogens (tertiary/aromatic N) is 3. The summed E-state index contributed by atoms with van der Waals surface area (Å²) in [4.78, 5) is 19.7. The maximum absolute atomic E-state index is 14.0. The van der Waals surface area contributed by atoms with Gasteiger partial charge in [0.1, 0.15) is 17.2 Å². The number of piperidine rings is 2. The molecule has 4 rings (SSSR count). The number of carbonyl (C=O) groups excluding carboxylic acids is 1. The zero-order valence-electron chi connectivity index (χ0n) is 21.3. The van der Waals surface area contributed by atoms with Crippen molar-refractivity contribution in [2.75, 3.05) is 38.1 Å². The number of rotatable bonds is 7. The van der Waals surface area contributed by atoms with Crippen molar-refractivity contribution in [1.29, 1.82) is 0 Å². The van der Waals surface area contributed by atoms with E-state index in [9.17, 15) is 28.2 Å². The predicted octanol–water partition coefficient (Wildman–Crippen LogP) is 4.18. The van der Waals surface area contributed by atoms with Gasteiger partial charge in [-0.1, -0.05) is 41.9 Å². The van der Waals surface area contributed by atoms with Crippen LogP contribution in [0.15, 0.2) is 42.5 Å². The molecule has 0 aliphatic carbocycles. The van der Waals surface area contributed by atoms with Crippen LogP contribution in [0.4, 0.5) is 19.0 Å². The second-order valence-electron chi connectivity index (χ2n) is 10.2. The second kappa shape index (κ2) is 11.8. The fourth-order valence-corrected chi connectivity index (χ4v) is 5.86. The van der Waals surface area contributed by atoms with Crippen molar-refractivity contribution in [2.24, 2.45) is 11.8 Å². The lowest BCUT2D eigenvalue weighted by atomic mass is 9.82. The van der Waals surface area contributed by atoms with E-state index in [0.29, 0.717) is 30.2 Å². The SMILES string of the molecule is CNC(=O)c1ccc(N2CCC(CC3CCN(C(O)C(O)(c4ccccc4)C(F)(F)F)CC3)CC2)nc1Cl. The molecule has 1 aromatic carbocycles. The van der Waals surface area contributed by atoms with Crippen molar-refractivity contribution in [1.82, 2.24) is 15.2 Å². The van der Waals surface area contributed by atoms with Gasteiger partial charge in [-0.25, -0.2) is 4.98 Å². The molecule has 7 nitrogen and oxygen atoms in total. The topological polar surface area (TPSA) is 88.9 Å². The van der Waals surface area contributed by atoms with E-state index in [1.807, 2.05) is 0 Å². The lowest BCUT2D eigenvalue weighted by Gasteiger charge is -2.44. The summed E-state index contributed by atoms with van der Waals surface area (Å²) in [5, 5.41) is 24.1. The molecule has 0 spiro atoms. The van der Waals surface area contributed by atoms with Gasteiger partial charge in [-0.3, -0.25) is 9.69 Å². The van der Waals surface area contributed by atoms with Gasteiger partial charge in [0.15, 0.2) is 0 Å². The molecule has 2 atom stereocenters. The van der Waals surface area contributed by atoms with E-state index >= 15 is 0 Å². The molecule has 2 saturated heterocycles. The number of hydrogen-bond donors (Lipinski definition) is 3. The second-order valence-corrected chi connectivity index (χ2v) is 10.6. The molecule has 0 radical (unpaired) electrons. The molecule has 2 unspecified atom stereocenters. The normalized spacial score (nSPS) is 20.7. The zero-order valence-corrected chi connectivity index (χ0v) is 22.0. The summed E-state index contributed by atoms with van der Waals surface area (Å²) < 4.78 is 41.9. The lowest BCUT2D eigenvalue weighted by Crippen LogP contribution is -2.60. The van der Waals surface area contributed by atoms with E-state index in [0.717, 1.165) is 38.2 Å². The molecule has 2 aliphatic heterocycles. The predicted molar refractivity (Wildman–Crippen MR) is 139 cm³/mol. The molecule has 208 valence electrons. The molecular weight excluding hydrogens is 521 g/mol. The van der Waals surface area contributed by atoms with Gasteiger partial charge in [0.25, 0.3) is 5.91 Å². The van der Waals surface area contributed by atoms with Crippen LogP contribution in [-0.2, 0) is 5.60 Å². The first-order chi connectivity index (χ1) is 18.0. The number of likely N-dealkylation sites (tertiary alicyclic amines) is 1. The van der Waals surface area contributed by atoms with Gasteiger partial charge in [0.2, 0.25) is 5.60 Å². The monoisotopic (exact) mass is 554 g/mol. The van der Waals surface area contributed by atoms with E-state index in [1.165, 1.54) is 36.2 Å². The van der Waals surface area contributed by atoms with Crippen LogP contribution in [0.25, 0.3) is 0 Å². The molecule has 2 fully saturated rings. The molecule has 2 aliphatic rings. The summed E-state index contributed by atoms with van der Waals surface area (Å²) in [5.74, 6) is 1.29. The number of hydrogen-bond acceptors (Lipinski definition) is 6. The smallest absolute Gasteiger partial charge is 0.375 e. The van der Waals surface area contributed by atoms with Gasteiger partial charge < -0.3 is 20.4 Å². The minimum atomic E-state index is -5.03. The van der Waals surface area contributed by atoms with Crippen LogP contribution in [0.2, 0.25) is 5.15 Å². The summed E-state index contributed by atoms with van der Waals surface area (Å²) in [6.45, 7) is 2.19. The summed E-state index contributed by atoms with van der Waals surface area (Å²) in [7, 11) is 1.54. The molecule has 2 aromatic rings. The Morgan fingerprint density at radius 2 is 1.63 bits per heavy atom. The maximum atomic E-state index is 14.0. The lowest BCUT2D eigenvalue weighted by molar-refractivity contribution is -0.320. The Morgan fingerprint density at radius 1 is 1.05 bits per heavy atom. The van der Waals surface area contributed by atoms with E-state index in [4.69, 9.17) is 11.6 Å². The largest absolute Gasteiger partial charge is 0.425 e. The summed E-state index contributed by atoms with van der Waals surface area (Å²) in [6, 6.07) is 10.3. The van der Waals surface area contributed by atoms with Gasteiger partial charge in [-0.2, -0.15) is 13.2 Å². The first-order valence-corrected chi connectivity index (χ1v) is 13.3. The number of amides is 1. The zero-order chi connectivity index (χ0) is 27.5. The minimum absolute atomic E-state index is 0.169. The summed E-state index contributed by atoms with van der Waals surface area (Å²) in [5.41, 5.74) is -3.39. The molecule has 1 amide bonds. The van der Waals surface area contributed by atoms with Gasteiger partial charge >= 0.3 is 6.18 Å². The molecule has 3 N–H and O–H groups in total. The van der Waals surface area contributed by atoms with Crippen LogP contribution in [0.1, 0.15) is 48.0 Å². The summed E-state index contributed by atoms with van der Waals surface area (Å²) in [6.07, 6.45) is -2.88. The fraction of sp³-hybridized carbons (Fsp3) is 0.556. The van der Waals surface area contributed by atoms with E-state index < -0.39 is 18.0 Å². The number of benzene rings is 1.